The van der Waals surface area contributed by atoms with E-state index in [4.69, 9.17) is 23.7 Å². The summed E-state index contributed by atoms with van der Waals surface area (Å²) in [6.07, 6.45) is 3.47. The first-order chi connectivity index (χ1) is 11.6. The molecular formula is C17H24O7. The van der Waals surface area contributed by atoms with E-state index >= 15 is 0 Å². The van der Waals surface area contributed by atoms with E-state index in [1.54, 1.807) is 7.11 Å². The summed E-state index contributed by atoms with van der Waals surface area (Å²) in [4.78, 5) is 25.7. The van der Waals surface area contributed by atoms with Gasteiger partial charge >= 0.3 is 11.9 Å². The van der Waals surface area contributed by atoms with Crippen molar-refractivity contribution in [3.63, 3.8) is 0 Å². The Morgan fingerprint density at radius 1 is 1.12 bits per heavy atom. The van der Waals surface area contributed by atoms with E-state index in [0.29, 0.717) is 12.8 Å². The number of carbonyl (C=O) groups is 2. The van der Waals surface area contributed by atoms with Gasteiger partial charge < -0.3 is 23.7 Å². The Morgan fingerprint density at radius 2 is 1.83 bits per heavy atom. The van der Waals surface area contributed by atoms with Crippen LogP contribution < -0.4 is 0 Å². The Balaban J connectivity index is 1.97. The zero-order valence-electron chi connectivity index (χ0n) is 14.3. The molecule has 4 rings (SSSR count). The first-order valence-corrected chi connectivity index (χ1v) is 8.59. The first kappa shape index (κ1) is 16.3. The number of hydrogen-bond acceptors (Lipinski definition) is 7. The highest BCUT2D eigenvalue weighted by Gasteiger charge is 2.99. The maximum Gasteiger partial charge on any atom is 0.316 e. The first-order valence-electron chi connectivity index (χ1n) is 8.59. The highest BCUT2D eigenvalue weighted by atomic mass is 16.8. The Labute approximate surface area is 140 Å². The quantitative estimate of drug-likeness (QED) is 0.718. The molecule has 7 heteroatoms. The molecule has 6 atom stereocenters. The Kier molecular flexibility index (Phi) is 3.50. The van der Waals surface area contributed by atoms with Gasteiger partial charge in [-0.05, 0) is 12.8 Å². The third-order valence-corrected chi connectivity index (χ3v) is 6.75. The van der Waals surface area contributed by atoms with Crippen LogP contribution in [0.2, 0.25) is 0 Å². The van der Waals surface area contributed by atoms with E-state index in [2.05, 4.69) is 0 Å². The van der Waals surface area contributed by atoms with Gasteiger partial charge in [0.1, 0.15) is 11.0 Å². The number of carbonyl (C=O) groups excluding carboxylic acids is 2. The second kappa shape index (κ2) is 5.16. The summed E-state index contributed by atoms with van der Waals surface area (Å²) in [5.74, 6) is -1.46. The second-order valence-corrected chi connectivity index (χ2v) is 7.25. The predicted octanol–water partition coefficient (Wildman–Crippen LogP) is 1.39. The van der Waals surface area contributed by atoms with Crippen molar-refractivity contribution in [1.29, 1.82) is 0 Å². The van der Waals surface area contributed by atoms with Crippen LogP contribution in [0.15, 0.2) is 0 Å². The molecule has 0 aromatic rings. The van der Waals surface area contributed by atoms with Crippen LogP contribution in [0.25, 0.3) is 0 Å². The fourth-order valence-electron chi connectivity index (χ4n) is 5.93. The lowest BCUT2D eigenvalue weighted by Gasteiger charge is -2.51. The van der Waals surface area contributed by atoms with Crippen molar-refractivity contribution in [2.75, 3.05) is 21.3 Å². The number of ether oxygens (including phenoxy) is 5. The molecule has 4 fully saturated rings. The van der Waals surface area contributed by atoms with Crippen molar-refractivity contribution < 1.29 is 33.3 Å². The zero-order chi connectivity index (χ0) is 17.2. The number of rotatable bonds is 3. The average Bonchev–Trinajstić information content (AvgIpc) is 3.25. The van der Waals surface area contributed by atoms with Crippen molar-refractivity contribution in [2.45, 2.75) is 56.7 Å². The maximum atomic E-state index is 13.1. The van der Waals surface area contributed by atoms with Crippen LogP contribution in [-0.2, 0) is 33.3 Å². The van der Waals surface area contributed by atoms with Crippen molar-refractivity contribution in [1.82, 2.24) is 0 Å². The van der Waals surface area contributed by atoms with Gasteiger partial charge in [0.05, 0.1) is 18.4 Å². The highest BCUT2D eigenvalue weighted by molar-refractivity contribution is 5.97. The normalized spacial score (nSPS) is 49.3. The lowest BCUT2D eigenvalue weighted by atomic mass is 9.70. The monoisotopic (exact) mass is 340 g/mol. The van der Waals surface area contributed by atoms with Gasteiger partial charge in [0.15, 0.2) is 6.29 Å². The molecule has 2 aliphatic heterocycles. The number of methoxy groups -OCH3 is 3. The SMILES string of the molecule is COC(=O)[C@@]12[C@@H]3C(=O)O[C@H]4O[C@@H](OC)[C@@]31CCCCCC[C@@]42OC. The molecule has 2 aliphatic carbocycles. The molecule has 7 nitrogen and oxygen atoms in total. The summed E-state index contributed by atoms with van der Waals surface area (Å²) in [5.41, 5.74) is -2.88. The van der Waals surface area contributed by atoms with E-state index in [9.17, 15) is 9.59 Å². The van der Waals surface area contributed by atoms with Crippen LogP contribution in [-0.4, -0.2) is 51.4 Å². The van der Waals surface area contributed by atoms with Gasteiger partial charge in [-0.1, -0.05) is 25.7 Å². The van der Waals surface area contributed by atoms with Crippen molar-refractivity contribution in [3.8, 4) is 0 Å². The van der Waals surface area contributed by atoms with E-state index in [-0.39, 0.29) is 0 Å². The summed E-state index contributed by atoms with van der Waals surface area (Å²) in [5, 5.41) is 0. The van der Waals surface area contributed by atoms with Crippen LogP contribution in [0.3, 0.4) is 0 Å². The molecule has 0 unspecified atom stereocenters. The van der Waals surface area contributed by atoms with Crippen molar-refractivity contribution in [3.05, 3.63) is 0 Å². The van der Waals surface area contributed by atoms with Crippen LogP contribution in [0.1, 0.15) is 38.5 Å². The minimum Gasteiger partial charge on any atom is -0.468 e. The molecule has 0 aromatic heterocycles. The average molecular weight is 340 g/mol. The molecule has 0 N–H and O–H groups in total. The van der Waals surface area contributed by atoms with E-state index in [1.165, 1.54) is 14.2 Å². The molecular weight excluding hydrogens is 316 g/mol. The van der Waals surface area contributed by atoms with Gasteiger partial charge in [-0.25, -0.2) is 0 Å². The third-order valence-electron chi connectivity index (χ3n) is 6.75. The predicted molar refractivity (Wildman–Crippen MR) is 79.6 cm³/mol. The summed E-state index contributed by atoms with van der Waals surface area (Å²) in [6, 6.07) is 0. The fraction of sp³-hybridized carbons (Fsp3) is 0.882. The van der Waals surface area contributed by atoms with Gasteiger partial charge in [0.2, 0.25) is 6.29 Å². The molecule has 134 valence electrons. The van der Waals surface area contributed by atoms with Gasteiger partial charge in [-0.2, -0.15) is 0 Å². The minimum absolute atomic E-state index is 0.404. The smallest absolute Gasteiger partial charge is 0.316 e. The van der Waals surface area contributed by atoms with Gasteiger partial charge in [-0.3, -0.25) is 9.59 Å². The molecule has 4 aliphatic rings. The standard InChI is InChI=1S/C17H24O7/c1-20-12(19)17-10-11(18)23-14-16(17,22-3)9-7-5-4-6-8-15(10,17)13(21-2)24-14/h10,13-14H,4-9H2,1-3H3/t10-,13-,14+,15-,16-,17+/m1/s1. The van der Waals surface area contributed by atoms with Crippen molar-refractivity contribution >= 4 is 11.9 Å². The summed E-state index contributed by atoms with van der Waals surface area (Å²) in [6.45, 7) is 0. The van der Waals surface area contributed by atoms with Crippen molar-refractivity contribution in [2.24, 2.45) is 16.7 Å². The number of esters is 2. The summed E-state index contributed by atoms with van der Waals surface area (Å²) < 4.78 is 28.3. The van der Waals surface area contributed by atoms with E-state index < -0.39 is 46.9 Å². The summed E-state index contributed by atoms with van der Waals surface area (Å²) in [7, 11) is 4.46. The minimum atomic E-state index is -1.09. The van der Waals surface area contributed by atoms with Gasteiger partial charge in [-0.15, -0.1) is 0 Å². The van der Waals surface area contributed by atoms with Crippen LogP contribution >= 0.6 is 0 Å². The Bertz CT molecular complexity index is 577. The Hall–Kier alpha value is -1.18. The topological polar surface area (TPSA) is 80.3 Å². The van der Waals surface area contributed by atoms with Crippen LogP contribution in [0.4, 0.5) is 0 Å². The maximum absolute atomic E-state index is 13.1. The van der Waals surface area contributed by atoms with E-state index in [0.717, 1.165) is 25.7 Å². The second-order valence-electron chi connectivity index (χ2n) is 7.25. The lowest BCUT2D eigenvalue weighted by Crippen LogP contribution is -2.66. The molecule has 0 radical (unpaired) electrons. The Morgan fingerprint density at radius 3 is 2.46 bits per heavy atom. The largest absolute Gasteiger partial charge is 0.468 e. The zero-order valence-corrected chi connectivity index (χ0v) is 14.3. The summed E-state index contributed by atoms with van der Waals surface area (Å²) >= 11 is 0. The molecule has 2 heterocycles. The lowest BCUT2D eigenvalue weighted by molar-refractivity contribution is -0.354. The molecule has 2 saturated heterocycles. The molecule has 0 spiro atoms. The van der Waals surface area contributed by atoms with E-state index in [1.807, 2.05) is 0 Å². The third kappa shape index (κ3) is 1.46. The van der Waals surface area contributed by atoms with Crippen LogP contribution in [0.5, 0.6) is 0 Å². The number of hydrogen-bond donors (Lipinski definition) is 0. The molecule has 0 amide bonds. The highest BCUT2D eigenvalue weighted by Crippen LogP contribution is 2.84. The van der Waals surface area contributed by atoms with Gasteiger partial charge in [0, 0.05) is 14.2 Å². The molecule has 24 heavy (non-hydrogen) atoms. The molecule has 4 bridgehead atoms. The molecule has 0 aromatic carbocycles. The van der Waals surface area contributed by atoms with Crippen LogP contribution in [0, 0.1) is 16.7 Å². The fourth-order valence-corrected chi connectivity index (χ4v) is 5.93. The molecule has 2 saturated carbocycles. The van der Waals surface area contributed by atoms with Gasteiger partial charge in [0.25, 0.3) is 0 Å².